The summed E-state index contributed by atoms with van der Waals surface area (Å²) in [5.74, 6) is 0.568. The molecule has 3 aromatic rings. The van der Waals surface area contributed by atoms with Crippen LogP contribution in [0.15, 0.2) is 59.6 Å². The lowest BCUT2D eigenvalue weighted by atomic mass is 9.75. The number of rotatable bonds is 6. The van der Waals surface area contributed by atoms with Crippen molar-refractivity contribution in [2.24, 2.45) is 0 Å². The Labute approximate surface area is 181 Å². The maximum atomic E-state index is 13.4. The van der Waals surface area contributed by atoms with Crippen molar-refractivity contribution in [3.8, 4) is 5.75 Å². The van der Waals surface area contributed by atoms with Crippen molar-refractivity contribution in [1.29, 1.82) is 0 Å². The molecule has 2 aliphatic carbocycles. The molecule has 1 heterocycles. The molecule has 0 spiro atoms. The van der Waals surface area contributed by atoms with Gasteiger partial charge in [-0.25, -0.2) is 13.1 Å². The molecule has 0 saturated heterocycles. The van der Waals surface area contributed by atoms with Gasteiger partial charge in [0, 0.05) is 17.1 Å². The van der Waals surface area contributed by atoms with E-state index in [2.05, 4.69) is 15.8 Å². The summed E-state index contributed by atoms with van der Waals surface area (Å²) in [6.45, 7) is 0. The SMILES string of the molecule is COc1cccc(C2CCC2)c1C1(C(=O)NS(=O)(=O)c2cccc3ncccc23)CC1. The number of amides is 1. The number of carbonyl (C=O) groups excluding carboxylic acids is 1. The van der Waals surface area contributed by atoms with Crippen LogP contribution < -0.4 is 9.46 Å². The molecular weight excluding hydrogens is 412 g/mol. The second-order valence-electron chi connectivity index (χ2n) is 8.40. The van der Waals surface area contributed by atoms with Crippen molar-refractivity contribution in [1.82, 2.24) is 9.71 Å². The van der Waals surface area contributed by atoms with E-state index in [0.29, 0.717) is 35.4 Å². The Morgan fingerprint density at radius 2 is 1.87 bits per heavy atom. The molecule has 2 fully saturated rings. The van der Waals surface area contributed by atoms with Crippen molar-refractivity contribution in [2.45, 2.75) is 48.3 Å². The monoisotopic (exact) mass is 436 g/mol. The third-order valence-electron chi connectivity index (χ3n) is 6.61. The number of ether oxygens (including phenoxy) is 1. The molecule has 31 heavy (non-hydrogen) atoms. The van der Waals surface area contributed by atoms with Gasteiger partial charge in [-0.1, -0.05) is 24.6 Å². The first-order valence-corrected chi connectivity index (χ1v) is 12.0. The number of nitrogens with one attached hydrogen (secondary N) is 1. The van der Waals surface area contributed by atoms with E-state index in [4.69, 9.17) is 4.74 Å². The molecule has 160 valence electrons. The molecule has 2 aromatic carbocycles. The quantitative estimate of drug-likeness (QED) is 0.630. The molecule has 2 aliphatic rings. The number of methoxy groups -OCH3 is 1. The van der Waals surface area contributed by atoms with Crippen LogP contribution in [-0.4, -0.2) is 26.4 Å². The Morgan fingerprint density at radius 1 is 1.10 bits per heavy atom. The maximum absolute atomic E-state index is 13.4. The van der Waals surface area contributed by atoms with Gasteiger partial charge in [0.15, 0.2) is 0 Å². The van der Waals surface area contributed by atoms with E-state index in [1.165, 1.54) is 12.5 Å². The predicted molar refractivity (Wildman–Crippen MR) is 118 cm³/mol. The third-order valence-corrected chi connectivity index (χ3v) is 8.00. The van der Waals surface area contributed by atoms with Crippen molar-refractivity contribution in [3.63, 3.8) is 0 Å². The Hall–Kier alpha value is -2.93. The largest absolute Gasteiger partial charge is 0.496 e. The van der Waals surface area contributed by atoms with Crippen LogP contribution >= 0.6 is 0 Å². The third kappa shape index (κ3) is 3.28. The normalized spacial score (nSPS) is 17.7. The van der Waals surface area contributed by atoms with Gasteiger partial charge in [0.2, 0.25) is 5.91 Å². The second-order valence-corrected chi connectivity index (χ2v) is 10.0. The van der Waals surface area contributed by atoms with Crippen molar-refractivity contribution >= 4 is 26.8 Å². The van der Waals surface area contributed by atoms with Gasteiger partial charge in [-0.15, -0.1) is 0 Å². The molecule has 0 aliphatic heterocycles. The van der Waals surface area contributed by atoms with Gasteiger partial charge in [-0.2, -0.15) is 0 Å². The maximum Gasteiger partial charge on any atom is 0.264 e. The van der Waals surface area contributed by atoms with E-state index >= 15 is 0 Å². The van der Waals surface area contributed by atoms with Crippen LogP contribution in [-0.2, 0) is 20.2 Å². The highest BCUT2D eigenvalue weighted by atomic mass is 32.2. The molecule has 0 bridgehead atoms. The van der Waals surface area contributed by atoms with Gasteiger partial charge in [0.1, 0.15) is 5.75 Å². The van der Waals surface area contributed by atoms with Crippen molar-refractivity contribution < 1.29 is 17.9 Å². The van der Waals surface area contributed by atoms with E-state index in [1.807, 2.05) is 12.1 Å². The smallest absolute Gasteiger partial charge is 0.264 e. The first-order valence-electron chi connectivity index (χ1n) is 10.5. The molecule has 6 nitrogen and oxygen atoms in total. The lowest BCUT2D eigenvalue weighted by Crippen LogP contribution is -2.39. The Kier molecular flexibility index (Phi) is 4.73. The van der Waals surface area contributed by atoms with E-state index in [-0.39, 0.29) is 4.90 Å². The fourth-order valence-electron chi connectivity index (χ4n) is 4.59. The van der Waals surface area contributed by atoms with E-state index in [1.54, 1.807) is 37.6 Å². The van der Waals surface area contributed by atoms with E-state index in [0.717, 1.165) is 24.0 Å². The molecule has 0 unspecified atom stereocenters. The summed E-state index contributed by atoms with van der Waals surface area (Å²) in [4.78, 5) is 17.7. The van der Waals surface area contributed by atoms with Gasteiger partial charge in [0.25, 0.3) is 10.0 Å². The number of carbonyl (C=O) groups is 1. The van der Waals surface area contributed by atoms with Crippen LogP contribution in [0.2, 0.25) is 0 Å². The second kappa shape index (κ2) is 7.34. The number of aromatic nitrogens is 1. The number of sulfonamides is 1. The zero-order valence-electron chi connectivity index (χ0n) is 17.3. The fraction of sp³-hybridized carbons (Fsp3) is 0.333. The molecule has 5 rings (SSSR count). The summed E-state index contributed by atoms with van der Waals surface area (Å²) in [6.07, 6.45) is 6.15. The van der Waals surface area contributed by atoms with Crippen LogP contribution in [0.3, 0.4) is 0 Å². The number of pyridine rings is 1. The van der Waals surface area contributed by atoms with Crippen LogP contribution in [0.25, 0.3) is 10.9 Å². The summed E-state index contributed by atoms with van der Waals surface area (Å²) < 4.78 is 34.4. The summed E-state index contributed by atoms with van der Waals surface area (Å²) >= 11 is 0. The molecule has 2 saturated carbocycles. The molecule has 7 heteroatoms. The van der Waals surface area contributed by atoms with Crippen LogP contribution in [0.1, 0.15) is 49.1 Å². The van der Waals surface area contributed by atoms with Gasteiger partial charge < -0.3 is 4.74 Å². The van der Waals surface area contributed by atoms with Crippen LogP contribution in [0.4, 0.5) is 0 Å². The van der Waals surface area contributed by atoms with E-state index in [9.17, 15) is 13.2 Å². The molecule has 1 N–H and O–H groups in total. The van der Waals surface area contributed by atoms with Gasteiger partial charge >= 0.3 is 0 Å². The van der Waals surface area contributed by atoms with Gasteiger partial charge in [-0.3, -0.25) is 9.78 Å². The lowest BCUT2D eigenvalue weighted by Gasteiger charge is -2.31. The Bertz CT molecular complexity index is 1270. The first kappa shape index (κ1) is 20.0. The molecule has 1 amide bonds. The minimum absolute atomic E-state index is 0.0569. The van der Waals surface area contributed by atoms with Gasteiger partial charge in [0.05, 0.1) is 22.9 Å². The lowest BCUT2D eigenvalue weighted by molar-refractivity contribution is -0.121. The van der Waals surface area contributed by atoms with Crippen LogP contribution in [0, 0.1) is 0 Å². The highest BCUT2D eigenvalue weighted by Gasteiger charge is 2.55. The number of hydrogen-bond donors (Lipinski definition) is 1. The zero-order chi connectivity index (χ0) is 21.6. The molecule has 0 atom stereocenters. The summed E-state index contributed by atoms with van der Waals surface area (Å²) in [5.41, 5.74) is 1.67. The highest BCUT2D eigenvalue weighted by molar-refractivity contribution is 7.90. The molecule has 0 radical (unpaired) electrons. The molecular formula is C24H24N2O4S. The van der Waals surface area contributed by atoms with E-state index < -0.39 is 21.3 Å². The highest BCUT2D eigenvalue weighted by Crippen LogP contribution is 2.55. The number of nitrogens with zero attached hydrogens (tertiary/aromatic N) is 1. The number of hydrogen-bond acceptors (Lipinski definition) is 5. The Morgan fingerprint density at radius 3 is 2.55 bits per heavy atom. The number of benzene rings is 2. The summed E-state index contributed by atoms with van der Waals surface area (Å²) in [5, 5.41) is 0.489. The Balaban J connectivity index is 1.53. The topological polar surface area (TPSA) is 85.4 Å². The van der Waals surface area contributed by atoms with Gasteiger partial charge in [-0.05, 0) is 67.5 Å². The first-order chi connectivity index (χ1) is 15.0. The standard InChI is InChI=1S/C24H24N2O4S/c1-30-20-11-3-8-17(16-6-2-7-16)22(20)24(13-14-24)23(27)26-31(28,29)21-12-4-10-19-18(21)9-5-15-25-19/h3-5,8-12,15-16H,2,6-7,13-14H2,1H3,(H,26,27). The zero-order valence-corrected chi connectivity index (χ0v) is 18.1. The van der Waals surface area contributed by atoms with Crippen molar-refractivity contribution in [2.75, 3.05) is 7.11 Å². The van der Waals surface area contributed by atoms with Crippen LogP contribution in [0.5, 0.6) is 5.75 Å². The average molecular weight is 437 g/mol. The summed E-state index contributed by atoms with van der Waals surface area (Å²) in [7, 11) is -2.47. The predicted octanol–water partition coefficient (Wildman–Crippen LogP) is 4.05. The van der Waals surface area contributed by atoms with Crippen molar-refractivity contribution in [3.05, 3.63) is 65.9 Å². The molecule has 1 aromatic heterocycles. The average Bonchev–Trinajstić information content (AvgIpc) is 3.53. The number of fused-ring (bicyclic) bond motifs is 1. The fourth-order valence-corrected chi connectivity index (χ4v) is 5.86. The summed E-state index contributed by atoms with van der Waals surface area (Å²) in [6, 6.07) is 14.1. The minimum atomic E-state index is -4.06. The minimum Gasteiger partial charge on any atom is -0.496 e.